The number of aromatic nitrogens is 1. The van der Waals surface area contributed by atoms with E-state index in [1.54, 1.807) is 0 Å². The summed E-state index contributed by atoms with van der Waals surface area (Å²) in [6.07, 6.45) is 0. The normalized spacial score (nSPS) is 10.8. The molecule has 0 saturated heterocycles. The van der Waals surface area contributed by atoms with Gasteiger partial charge in [0.05, 0.1) is 6.61 Å². The van der Waals surface area contributed by atoms with E-state index in [2.05, 4.69) is 47.0 Å². The van der Waals surface area contributed by atoms with Crippen LogP contribution in [-0.4, -0.2) is 19.8 Å². The number of halogens is 4. The van der Waals surface area contributed by atoms with Crippen molar-refractivity contribution >= 4 is 13.2 Å². The maximum absolute atomic E-state index is 13.0. The second-order valence-corrected chi connectivity index (χ2v) is 7.53. The molecule has 0 N–H and O–H groups in total. The minimum absolute atomic E-state index is 0.316. The summed E-state index contributed by atoms with van der Waals surface area (Å²) in [5, 5.41) is 0. The SMILES string of the molecule is CCOC(=O)c1cc(-c2ccccc2)cc(-c2ccccc2)[n+]1Cc1ccccc1.F[B-](F)(F)F. The van der Waals surface area contributed by atoms with Gasteiger partial charge in [0.15, 0.2) is 6.54 Å². The average molecular weight is 481 g/mol. The first kappa shape index (κ1) is 25.7. The molecule has 1 heterocycles. The van der Waals surface area contributed by atoms with Crippen molar-refractivity contribution in [1.29, 1.82) is 0 Å². The van der Waals surface area contributed by atoms with Crippen molar-refractivity contribution in [2.75, 3.05) is 6.61 Å². The summed E-state index contributed by atoms with van der Waals surface area (Å²) in [7, 11) is -6.00. The van der Waals surface area contributed by atoms with Gasteiger partial charge in [0, 0.05) is 23.3 Å². The number of pyridine rings is 1. The third-order valence-corrected chi connectivity index (χ3v) is 5.01. The first-order valence-corrected chi connectivity index (χ1v) is 11.0. The minimum atomic E-state index is -6.00. The van der Waals surface area contributed by atoms with Crippen LogP contribution >= 0.6 is 0 Å². The van der Waals surface area contributed by atoms with Crippen LogP contribution in [0.2, 0.25) is 0 Å². The number of hydrogen-bond acceptors (Lipinski definition) is 2. The molecule has 0 atom stereocenters. The van der Waals surface area contributed by atoms with E-state index in [4.69, 9.17) is 4.74 Å². The Hall–Kier alpha value is -3.94. The second kappa shape index (κ2) is 12.0. The summed E-state index contributed by atoms with van der Waals surface area (Å²) in [6.45, 7) is 2.74. The highest BCUT2D eigenvalue weighted by molar-refractivity contribution is 6.50. The molecule has 1 aromatic heterocycles. The highest BCUT2D eigenvalue weighted by Crippen LogP contribution is 2.26. The molecule has 4 aromatic rings. The third-order valence-electron chi connectivity index (χ3n) is 5.01. The molecule has 0 fully saturated rings. The topological polar surface area (TPSA) is 30.2 Å². The molecule has 8 heteroatoms. The largest absolute Gasteiger partial charge is 0.673 e. The van der Waals surface area contributed by atoms with Crippen LogP contribution in [0.3, 0.4) is 0 Å². The molecule has 4 rings (SSSR count). The molecule has 0 bridgehead atoms. The van der Waals surface area contributed by atoms with E-state index < -0.39 is 7.25 Å². The van der Waals surface area contributed by atoms with E-state index in [0.717, 1.165) is 27.9 Å². The fourth-order valence-corrected chi connectivity index (χ4v) is 3.58. The summed E-state index contributed by atoms with van der Waals surface area (Å²) in [6, 6.07) is 34.5. The van der Waals surface area contributed by atoms with Gasteiger partial charge in [-0.3, -0.25) is 0 Å². The summed E-state index contributed by atoms with van der Waals surface area (Å²) >= 11 is 0. The van der Waals surface area contributed by atoms with Crippen LogP contribution in [0, 0.1) is 0 Å². The lowest BCUT2D eigenvalue weighted by atomic mass is 10.0. The first-order valence-electron chi connectivity index (χ1n) is 11.0. The number of benzene rings is 3. The zero-order chi connectivity index (χ0) is 25.3. The van der Waals surface area contributed by atoms with Crippen LogP contribution in [-0.2, 0) is 11.3 Å². The van der Waals surface area contributed by atoms with Gasteiger partial charge in [0.1, 0.15) is 0 Å². The van der Waals surface area contributed by atoms with E-state index in [0.29, 0.717) is 18.8 Å². The number of nitrogens with zero attached hydrogens (tertiary/aromatic N) is 1. The molecule has 0 aliphatic rings. The summed E-state index contributed by atoms with van der Waals surface area (Å²) in [5.74, 6) is -0.316. The predicted molar refractivity (Wildman–Crippen MR) is 129 cm³/mol. The van der Waals surface area contributed by atoms with Crippen LogP contribution in [0.5, 0.6) is 0 Å². The standard InChI is InChI=1S/C27H24NO2.BF4/c1-2-30-27(29)26-19-24(22-14-8-4-9-15-22)18-25(23-16-10-5-11-17-23)28(26)20-21-12-6-3-7-13-21;2-1(3,4)5/h3-19H,2,20H2,1H3;/q+1;-1. The van der Waals surface area contributed by atoms with E-state index in [-0.39, 0.29) is 5.97 Å². The van der Waals surface area contributed by atoms with Crippen LogP contribution in [0.1, 0.15) is 23.0 Å². The highest BCUT2D eigenvalue weighted by atomic mass is 19.5. The zero-order valence-corrected chi connectivity index (χ0v) is 19.1. The van der Waals surface area contributed by atoms with Crippen molar-refractivity contribution in [3.05, 3.63) is 114 Å². The van der Waals surface area contributed by atoms with Gasteiger partial charge in [0.25, 0.3) is 5.69 Å². The van der Waals surface area contributed by atoms with E-state index >= 15 is 0 Å². The van der Waals surface area contributed by atoms with Gasteiger partial charge >= 0.3 is 13.2 Å². The molecular weight excluding hydrogens is 457 g/mol. The fraction of sp³-hybridized carbons (Fsp3) is 0.111. The molecule has 0 unspecified atom stereocenters. The van der Waals surface area contributed by atoms with Crippen molar-refractivity contribution in [3.63, 3.8) is 0 Å². The number of hydrogen-bond donors (Lipinski definition) is 0. The monoisotopic (exact) mass is 481 g/mol. The number of ether oxygens (including phenoxy) is 1. The lowest BCUT2D eigenvalue weighted by molar-refractivity contribution is -0.679. The molecule has 0 aliphatic carbocycles. The summed E-state index contributed by atoms with van der Waals surface area (Å²) in [4.78, 5) is 13.0. The number of rotatable bonds is 6. The van der Waals surface area contributed by atoms with Crippen molar-refractivity contribution in [2.45, 2.75) is 13.5 Å². The Morgan fingerprint density at radius 1 is 0.743 bits per heavy atom. The fourth-order valence-electron chi connectivity index (χ4n) is 3.58. The molecular formula is C27H24BF4NO2. The molecule has 3 nitrogen and oxygen atoms in total. The number of carbonyl (C=O) groups excluding carboxylic acids is 1. The molecule has 0 saturated carbocycles. The Bertz CT molecular complexity index is 1230. The molecule has 0 amide bonds. The van der Waals surface area contributed by atoms with Crippen molar-refractivity contribution in [1.82, 2.24) is 0 Å². The van der Waals surface area contributed by atoms with E-state index in [9.17, 15) is 22.1 Å². The zero-order valence-electron chi connectivity index (χ0n) is 19.1. The maximum Gasteiger partial charge on any atom is 0.673 e. The number of esters is 1. The van der Waals surface area contributed by atoms with Crippen molar-refractivity contribution in [2.24, 2.45) is 0 Å². The highest BCUT2D eigenvalue weighted by Gasteiger charge is 2.27. The van der Waals surface area contributed by atoms with Gasteiger partial charge in [-0.05, 0) is 30.2 Å². The Morgan fingerprint density at radius 2 is 1.23 bits per heavy atom. The average Bonchev–Trinajstić information content (AvgIpc) is 2.85. The summed E-state index contributed by atoms with van der Waals surface area (Å²) in [5.41, 5.74) is 5.74. The van der Waals surface area contributed by atoms with Gasteiger partial charge in [-0.15, -0.1) is 0 Å². The van der Waals surface area contributed by atoms with Crippen LogP contribution < -0.4 is 4.57 Å². The molecule has 0 aliphatic heterocycles. The second-order valence-electron chi connectivity index (χ2n) is 7.53. The number of carbonyl (C=O) groups is 1. The molecule has 3 aromatic carbocycles. The first-order chi connectivity index (χ1) is 16.8. The maximum atomic E-state index is 13.0. The molecule has 180 valence electrons. The smallest absolute Gasteiger partial charge is 0.458 e. The Kier molecular flexibility index (Phi) is 8.78. The Labute approximate surface area is 201 Å². The van der Waals surface area contributed by atoms with Crippen LogP contribution in [0.25, 0.3) is 22.4 Å². The lowest BCUT2D eigenvalue weighted by Gasteiger charge is -2.12. The van der Waals surface area contributed by atoms with E-state index in [1.807, 2.05) is 67.6 Å². The molecule has 0 radical (unpaired) electrons. The van der Waals surface area contributed by atoms with Crippen molar-refractivity contribution in [3.8, 4) is 22.4 Å². The van der Waals surface area contributed by atoms with Gasteiger partial charge in [-0.1, -0.05) is 78.9 Å². The Balaban J connectivity index is 0.000000623. The van der Waals surface area contributed by atoms with Gasteiger partial charge < -0.3 is 22.0 Å². The van der Waals surface area contributed by atoms with Crippen LogP contribution in [0.15, 0.2) is 103 Å². The molecule has 35 heavy (non-hydrogen) atoms. The van der Waals surface area contributed by atoms with Crippen LogP contribution in [0.4, 0.5) is 17.3 Å². The van der Waals surface area contributed by atoms with Gasteiger partial charge in [-0.2, -0.15) is 4.57 Å². The van der Waals surface area contributed by atoms with E-state index in [1.165, 1.54) is 0 Å². The minimum Gasteiger partial charge on any atom is -0.458 e. The predicted octanol–water partition coefficient (Wildman–Crippen LogP) is 6.83. The quantitative estimate of drug-likeness (QED) is 0.131. The third kappa shape index (κ3) is 7.81. The summed E-state index contributed by atoms with van der Waals surface area (Å²) < 4.78 is 46.5. The van der Waals surface area contributed by atoms with Crippen molar-refractivity contribution < 1.29 is 31.4 Å². The lowest BCUT2D eigenvalue weighted by Crippen LogP contribution is -2.43. The van der Waals surface area contributed by atoms with Gasteiger partial charge in [-0.25, -0.2) is 4.79 Å². The Morgan fingerprint density at radius 3 is 1.74 bits per heavy atom. The van der Waals surface area contributed by atoms with Gasteiger partial charge in [0.2, 0.25) is 5.69 Å². The molecule has 0 spiro atoms.